The maximum Gasteiger partial charge on any atom is 0.489 e. The molecule has 2 heterocycles. The molecule has 424 valence electrons. The van der Waals surface area contributed by atoms with Crippen molar-refractivity contribution in [3.8, 4) is 55.6 Å². The molecule has 2 N–H and O–H groups in total. The molecule has 0 saturated carbocycles. The molecule has 16 aromatic carbocycles. The molecule has 0 fully saturated rings. The molecule has 0 aliphatic rings. The van der Waals surface area contributed by atoms with E-state index in [0.717, 1.165) is 75.6 Å². The highest BCUT2D eigenvalue weighted by molar-refractivity contribution is 9.10. The quantitative estimate of drug-likeness (QED) is 0.129. The van der Waals surface area contributed by atoms with E-state index in [4.69, 9.17) is 8.83 Å². The standard InChI is InChI=1S/C42H26O.C22H13BrO.C20H15BO2/c1-2-10-28(11-3-1)41-33-14-6-8-16-35(33)42(36-17-9-7-15-34(36)41)29-20-18-27(19-21-29)32-22-23-39-37(25-32)38-24-30-12-4-5-13-31(30)26-40(38)43-39;23-18-8-5-14(6-9-18)17-7-10-21-19(12-17)20-11-15-3-1-2-4-16(15)13-22(20)24-21;22-21(23)20-17-12-6-4-10-15(17)19(14-8-2-1-3-9-14)16-11-5-7-13-18(16)20/h1-26H;1-13H;1-13,22-23H. The minimum absolute atomic E-state index is 0.566. The predicted molar refractivity (Wildman–Crippen MR) is 384 cm³/mol. The molecular weight excluding hydrogens is 1160 g/mol. The van der Waals surface area contributed by atoms with E-state index in [2.05, 4.69) is 265 Å². The molecule has 0 aliphatic heterocycles. The maximum atomic E-state index is 9.94. The summed E-state index contributed by atoms with van der Waals surface area (Å²) in [5, 5.41) is 38.3. The monoisotopic (exact) mass is 1220 g/mol. The number of furan rings is 2. The third-order valence-corrected chi connectivity index (χ3v) is 18.2. The number of benzene rings is 16. The van der Waals surface area contributed by atoms with Gasteiger partial charge in [0.2, 0.25) is 0 Å². The van der Waals surface area contributed by atoms with E-state index in [1.54, 1.807) is 0 Å². The lowest BCUT2D eigenvalue weighted by Gasteiger charge is -2.18. The van der Waals surface area contributed by atoms with Gasteiger partial charge in [0.1, 0.15) is 22.3 Å². The lowest BCUT2D eigenvalue weighted by atomic mass is 9.72. The van der Waals surface area contributed by atoms with Gasteiger partial charge < -0.3 is 18.9 Å². The first-order valence-corrected chi connectivity index (χ1v) is 31.1. The van der Waals surface area contributed by atoms with E-state index in [1.165, 1.54) is 93.0 Å². The Morgan fingerprint density at radius 3 is 0.878 bits per heavy atom. The van der Waals surface area contributed by atoms with Crippen molar-refractivity contribution in [2.24, 2.45) is 0 Å². The van der Waals surface area contributed by atoms with Crippen molar-refractivity contribution < 1.29 is 18.9 Å². The molecule has 0 amide bonds. The van der Waals surface area contributed by atoms with Crippen molar-refractivity contribution in [2.45, 2.75) is 0 Å². The highest BCUT2D eigenvalue weighted by Gasteiger charge is 2.23. The van der Waals surface area contributed by atoms with Crippen LogP contribution in [0.5, 0.6) is 0 Å². The lowest BCUT2D eigenvalue weighted by Crippen LogP contribution is -2.31. The zero-order valence-electron chi connectivity index (χ0n) is 48.7. The van der Waals surface area contributed by atoms with E-state index in [0.29, 0.717) is 5.46 Å². The lowest BCUT2D eigenvalue weighted by molar-refractivity contribution is 0.426. The van der Waals surface area contributed by atoms with E-state index >= 15 is 0 Å². The summed E-state index contributed by atoms with van der Waals surface area (Å²) in [6.45, 7) is 0. The molecule has 0 saturated heterocycles. The molecule has 0 atom stereocenters. The van der Waals surface area contributed by atoms with Gasteiger partial charge in [-0.25, -0.2) is 0 Å². The van der Waals surface area contributed by atoms with Crippen molar-refractivity contribution in [3.63, 3.8) is 0 Å². The van der Waals surface area contributed by atoms with Gasteiger partial charge in [-0.3, -0.25) is 0 Å². The van der Waals surface area contributed by atoms with Crippen LogP contribution in [0.15, 0.2) is 329 Å². The Kier molecular flexibility index (Phi) is 13.9. The Balaban J connectivity index is 0.000000117. The molecule has 4 nitrogen and oxygen atoms in total. The second kappa shape index (κ2) is 23.0. The molecule has 6 heteroatoms. The van der Waals surface area contributed by atoms with Crippen molar-refractivity contribution >= 4 is 137 Å². The van der Waals surface area contributed by atoms with E-state index in [1.807, 2.05) is 66.7 Å². The molecule has 0 bridgehead atoms. The smallest absolute Gasteiger partial charge is 0.456 e. The number of hydrogen-bond donors (Lipinski definition) is 2. The summed E-state index contributed by atoms with van der Waals surface area (Å²) in [5.41, 5.74) is 16.3. The fraction of sp³-hybridized carbons (Fsp3) is 0. The van der Waals surface area contributed by atoms with Crippen molar-refractivity contribution in [1.29, 1.82) is 0 Å². The van der Waals surface area contributed by atoms with Crippen molar-refractivity contribution in [3.05, 3.63) is 320 Å². The van der Waals surface area contributed by atoms with Crippen LogP contribution in [-0.4, -0.2) is 17.2 Å². The summed E-state index contributed by atoms with van der Waals surface area (Å²) in [5.74, 6) is 0. The average Bonchev–Trinajstić information content (AvgIpc) is 1.10. The third kappa shape index (κ3) is 9.85. The van der Waals surface area contributed by atoms with Gasteiger partial charge in [0, 0.05) is 26.0 Å². The molecule has 90 heavy (non-hydrogen) atoms. The highest BCUT2D eigenvalue weighted by Crippen LogP contribution is 2.45. The van der Waals surface area contributed by atoms with Crippen LogP contribution in [0.2, 0.25) is 0 Å². The normalized spacial score (nSPS) is 11.5. The van der Waals surface area contributed by atoms with Crippen LogP contribution >= 0.6 is 15.9 Å². The zero-order valence-corrected chi connectivity index (χ0v) is 50.3. The third-order valence-electron chi connectivity index (χ3n) is 17.6. The first-order chi connectivity index (χ1) is 44.4. The van der Waals surface area contributed by atoms with Crippen molar-refractivity contribution in [2.75, 3.05) is 0 Å². The van der Waals surface area contributed by atoms with E-state index in [-0.39, 0.29) is 0 Å². The minimum Gasteiger partial charge on any atom is -0.456 e. The summed E-state index contributed by atoms with van der Waals surface area (Å²) in [4.78, 5) is 0. The van der Waals surface area contributed by atoms with Crippen molar-refractivity contribution in [1.82, 2.24) is 0 Å². The van der Waals surface area contributed by atoms with Gasteiger partial charge in [0.25, 0.3) is 0 Å². The Hall–Kier alpha value is -10.9. The van der Waals surface area contributed by atoms with Crippen LogP contribution in [0.25, 0.3) is 164 Å². The van der Waals surface area contributed by atoms with Gasteiger partial charge >= 0.3 is 7.12 Å². The topological polar surface area (TPSA) is 66.7 Å². The Morgan fingerprint density at radius 2 is 0.500 bits per heavy atom. The molecule has 18 aromatic rings. The van der Waals surface area contributed by atoms with Crippen LogP contribution in [-0.2, 0) is 0 Å². The Morgan fingerprint density at radius 1 is 0.222 bits per heavy atom. The Bertz CT molecular complexity index is 5640. The largest absolute Gasteiger partial charge is 0.489 e. The molecule has 0 spiro atoms. The second-order valence-electron chi connectivity index (χ2n) is 22.9. The molecule has 0 aliphatic carbocycles. The summed E-state index contributed by atoms with van der Waals surface area (Å²) in [6, 6.07) is 110. The first-order valence-electron chi connectivity index (χ1n) is 30.3. The van der Waals surface area contributed by atoms with Gasteiger partial charge in [0.15, 0.2) is 0 Å². The number of fused-ring (bicyclic) bond motifs is 12. The number of rotatable bonds is 6. The summed E-state index contributed by atoms with van der Waals surface area (Å²) in [6.07, 6.45) is 0. The second-order valence-corrected chi connectivity index (χ2v) is 23.8. The van der Waals surface area contributed by atoms with Gasteiger partial charge in [0.05, 0.1) is 0 Å². The van der Waals surface area contributed by atoms with Crippen LogP contribution in [0.1, 0.15) is 0 Å². The van der Waals surface area contributed by atoms with Crippen LogP contribution in [0, 0.1) is 0 Å². The zero-order chi connectivity index (χ0) is 60.2. The molecule has 0 unspecified atom stereocenters. The van der Waals surface area contributed by atoms with Gasteiger partial charge in [-0.05, 0) is 186 Å². The molecule has 0 radical (unpaired) electrons. The molecule has 2 aromatic heterocycles. The summed E-state index contributed by atoms with van der Waals surface area (Å²) < 4.78 is 13.4. The van der Waals surface area contributed by atoms with Gasteiger partial charge in [-0.2, -0.15) is 0 Å². The molecule has 18 rings (SSSR count). The highest BCUT2D eigenvalue weighted by atomic mass is 79.9. The van der Waals surface area contributed by atoms with E-state index < -0.39 is 7.12 Å². The average molecular weight is 1220 g/mol. The number of halogens is 1. The summed E-state index contributed by atoms with van der Waals surface area (Å²) in [7, 11) is -1.50. The van der Waals surface area contributed by atoms with E-state index in [9.17, 15) is 10.0 Å². The fourth-order valence-corrected chi connectivity index (χ4v) is 13.7. The first kappa shape index (κ1) is 54.5. The SMILES string of the molecule is Brc1ccc(-c2ccc3oc4cc5ccccc5cc4c3c2)cc1.OB(O)c1c2ccccc2c(-c2ccccc2)c2ccccc12.c1ccc(-c2c3ccccc3c(-c3ccc(-c4ccc5oc6cc7ccccc7cc6c5c4)cc3)c3ccccc23)cc1. The molecular formula is C84H54BBrO4. The van der Waals surface area contributed by atoms with Gasteiger partial charge in [-0.15, -0.1) is 0 Å². The maximum absolute atomic E-state index is 9.94. The Labute approximate surface area is 528 Å². The van der Waals surface area contributed by atoms with Crippen LogP contribution in [0.3, 0.4) is 0 Å². The fourth-order valence-electron chi connectivity index (χ4n) is 13.5. The summed E-state index contributed by atoms with van der Waals surface area (Å²) >= 11 is 3.49. The van der Waals surface area contributed by atoms with Crippen LogP contribution in [0.4, 0.5) is 0 Å². The minimum atomic E-state index is -1.50. The number of hydrogen-bond acceptors (Lipinski definition) is 4. The van der Waals surface area contributed by atoms with Gasteiger partial charge in [-0.1, -0.05) is 271 Å². The van der Waals surface area contributed by atoms with Crippen LogP contribution < -0.4 is 5.46 Å². The predicted octanol–water partition coefficient (Wildman–Crippen LogP) is 22.6.